The SMILES string of the molecule is O=C(Cn1cnc2ccccc21)N(CCO)CC(F)F. The lowest BCUT2D eigenvalue weighted by Crippen LogP contribution is -2.39. The van der Waals surface area contributed by atoms with Crippen molar-refractivity contribution in [2.75, 3.05) is 19.7 Å². The average Bonchev–Trinajstić information content (AvgIpc) is 2.81. The Morgan fingerprint density at radius 3 is 2.85 bits per heavy atom. The van der Waals surface area contributed by atoms with Gasteiger partial charge in [0.05, 0.1) is 30.5 Å². The van der Waals surface area contributed by atoms with Gasteiger partial charge in [0.1, 0.15) is 6.54 Å². The molecule has 1 aromatic heterocycles. The Bertz CT molecular complexity index is 586. The van der Waals surface area contributed by atoms with Crippen LogP contribution in [0.25, 0.3) is 11.0 Å². The molecule has 1 heterocycles. The first-order valence-corrected chi connectivity index (χ1v) is 6.18. The van der Waals surface area contributed by atoms with E-state index in [9.17, 15) is 13.6 Å². The van der Waals surface area contributed by atoms with Crippen LogP contribution in [0.4, 0.5) is 8.78 Å². The van der Waals surface area contributed by atoms with E-state index in [2.05, 4.69) is 4.98 Å². The third-order valence-electron chi connectivity index (χ3n) is 2.91. The number of amides is 1. The maximum atomic E-state index is 12.4. The molecule has 108 valence electrons. The number of aliphatic hydroxyl groups excluding tert-OH is 1. The lowest BCUT2D eigenvalue weighted by Gasteiger charge is -2.21. The predicted molar refractivity (Wildman–Crippen MR) is 69.4 cm³/mol. The minimum absolute atomic E-state index is 0.0762. The number of hydrogen-bond donors (Lipinski definition) is 1. The molecule has 0 aliphatic heterocycles. The molecule has 0 saturated carbocycles. The highest BCUT2D eigenvalue weighted by Crippen LogP contribution is 2.12. The second-order valence-corrected chi connectivity index (χ2v) is 4.32. The van der Waals surface area contributed by atoms with E-state index >= 15 is 0 Å². The zero-order valence-electron chi connectivity index (χ0n) is 10.7. The van der Waals surface area contributed by atoms with Crippen LogP contribution in [0.3, 0.4) is 0 Å². The van der Waals surface area contributed by atoms with E-state index in [0.717, 1.165) is 15.9 Å². The van der Waals surface area contributed by atoms with Crippen molar-refractivity contribution in [2.24, 2.45) is 0 Å². The first kappa shape index (κ1) is 14.4. The Kier molecular flexibility index (Phi) is 4.62. The molecule has 1 aromatic carbocycles. The fourth-order valence-electron chi connectivity index (χ4n) is 1.99. The number of halogens is 2. The van der Waals surface area contributed by atoms with E-state index in [-0.39, 0.29) is 19.7 Å². The lowest BCUT2D eigenvalue weighted by atomic mass is 10.3. The summed E-state index contributed by atoms with van der Waals surface area (Å²) in [4.78, 5) is 17.1. The Hall–Kier alpha value is -2.02. The quantitative estimate of drug-likeness (QED) is 0.864. The number of carbonyl (C=O) groups excluding carboxylic acids is 1. The molecule has 0 fully saturated rings. The van der Waals surface area contributed by atoms with Crippen LogP contribution in [0.2, 0.25) is 0 Å². The van der Waals surface area contributed by atoms with Crippen LogP contribution >= 0.6 is 0 Å². The number of alkyl halides is 2. The third kappa shape index (κ3) is 3.30. The van der Waals surface area contributed by atoms with E-state index in [0.29, 0.717) is 0 Å². The van der Waals surface area contributed by atoms with Crippen LogP contribution < -0.4 is 0 Å². The number of hydrogen-bond acceptors (Lipinski definition) is 3. The van der Waals surface area contributed by atoms with Crippen LogP contribution in [-0.4, -0.2) is 51.6 Å². The second kappa shape index (κ2) is 6.42. The molecule has 0 aliphatic rings. The highest BCUT2D eigenvalue weighted by molar-refractivity contribution is 5.80. The third-order valence-corrected chi connectivity index (χ3v) is 2.91. The van der Waals surface area contributed by atoms with Crippen molar-refractivity contribution in [3.8, 4) is 0 Å². The molecule has 0 saturated heterocycles. The fraction of sp³-hybridized carbons (Fsp3) is 0.385. The van der Waals surface area contributed by atoms with Gasteiger partial charge in [-0.15, -0.1) is 0 Å². The number of fused-ring (bicyclic) bond motifs is 1. The summed E-state index contributed by atoms with van der Waals surface area (Å²) in [5.41, 5.74) is 1.50. The largest absolute Gasteiger partial charge is 0.395 e. The molecule has 7 heteroatoms. The van der Waals surface area contributed by atoms with Gasteiger partial charge in [0.25, 0.3) is 6.43 Å². The Labute approximate surface area is 114 Å². The molecule has 0 radical (unpaired) electrons. The number of carbonyl (C=O) groups is 1. The molecule has 2 rings (SSSR count). The molecule has 20 heavy (non-hydrogen) atoms. The highest BCUT2D eigenvalue weighted by Gasteiger charge is 2.18. The zero-order valence-corrected chi connectivity index (χ0v) is 10.7. The number of aromatic nitrogens is 2. The molecular formula is C13H15F2N3O2. The number of imidazole rings is 1. The topological polar surface area (TPSA) is 58.4 Å². The molecule has 0 unspecified atom stereocenters. The number of rotatable bonds is 6. The second-order valence-electron chi connectivity index (χ2n) is 4.32. The maximum absolute atomic E-state index is 12.4. The van der Waals surface area contributed by atoms with Crippen LogP contribution in [0.1, 0.15) is 0 Å². The number of aliphatic hydroxyl groups is 1. The van der Waals surface area contributed by atoms with Gasteiger partial charge in [-0.1, -0.05) is 12.1 Å². The summed E-state index contributed by atoms with van der Waals surface area (Å²) >= 11 is 0. The van der Waals surface area contributed by atoms with Gasteiger partial charge in [0.2, 0.25) is 5.91 Å². The molecule has 5 nitrogen and oxygen atoms in total. The summed E-state index contributed by atoms with van der Waals surface area (Å²) in [6.07, 6.45) is -1.12. The van der Waals surface area contributed by atoms with Crippen molar-refractivity contribution >= 4 is 16.9 Å². The Balaban J connectivity index is 2.12. The maximum Gasteiger partial charge on any atom is 0.255 e. The van der Waals surface area contributed by atoms with Gasteiger partial charge < -0.3 is 14.6 Å². The predicted octanol–water partition coefficient (Wildman–Crippen LogP) is 1.12. The van der Waals surface area contributed by atoms with E-state index < -0.39 is 18.9 Å². The van der Waals surface area contributed by atoms with Gasteiger partial charge in [-0.3, -0.25) is 4.79 Å². The Morgan fingerprint density at radius 2 is 2.15 bits per heavy atom. The van der Waals surface area contributed by atoms with Crippen LogP contribution in [-0.2, 0) is 11.3 Å². The van der Waals surface area contributed by atoms with Crippen LogP contribution in [0.15, 0.2) is 30.6 Å². The summed E-state index contributed by atoms with van der Waals surface area (Å²) < 4.78 is 26.4. The fourth-order valence-corrected chi connectivity index (χ4v) is 1.99. The van der Waals surface area contributed by atoms with Crippen molar-refractivity contribution in [1.29, 1.82) is 0 Å². The summed E-state index contributed by atoms with van der Waals surface area (Å²) in [5, 5.41) is 8.84. The van der Waals surface area contributed by atoms with Gasteiger partial charge in [-0.2, -0.15) is 0 Å². The van der Waals surface area contributed by atoms with Gasteiger partial charge in [-0.05, 0) is 12.1 Å². The molecule has 2 aromatic rings. The van der Waals surface area contributed by atoms with E-state index in [4.69, 9.17) is 5.11 Å². The first-order valence-electron chi connectivity index (χ1n) is 6.18. The molecule has 1 amide bonds. The van der Waals surface area contributed by atoms with Crippen molar-refractivity contribution < 1.29 is 18.7 Å². The first-order chi connectivity index (χ1) is 9.61. The van der Waals surface area contributed by atoms with Crippen LogP contribution in [0.5, 0.6) is 0 Å². The number of nitrogens with zero attached hydrogens (tertiary/aromatic N) is 3. The van der Waals surface area contributed by atoms with Crippen molar-refractivity contribution in [3.05, 3.63) is 30.6 Å². The molecule has 0 atom stereocenters. The number of para-hydroxylation sites is 2. The minimum atomic E-state index is -2.62. The van der Waals surface area contributed by atoms with E-state index in [1.54, 1.807) is 16.7 Å². The average molecular weight is 283 g/mol. The van der Waals surface area contributed by atoms with E-state index in [1.165, 1.54) is 6.33 Å². The monoisotopic (exact) mass is 283 g/mol. The van der Waals surface area contributed by atoms with Gasteiger partial charge in [0, 0.05) is 6.54 Å². The lowest BCUT2D eigenvalue weighted by molar-refractivity contribution is -0.134. The molecule has 0 bridgehead atoms. The summed E-state index contributed by atoms with van der Waals surface area (Å²) in [6, 6.07) is 7.26. The van der Waals surface area contributed by atoms with Crippen molar-refractivity contribution in [3.63, 3.8) is 0 Å². The highest BCUT2D eigenvalue weighted by atomic mass is 19.3. The van der Waals surface area contributed by atoms with Crippen LogP contribution in [0, 0.1) is 0 Å². The van der Waals surface area contributed by atoms with Crippen molar-refractivity contribution in [2.45, 2.75) is 13.0 Å². The molecular weight excluding hydrogens is 268 g/mol. The minimum Gasteiger partial charge on any atom is -0.395 e. The zero-order chi connectivity index (χ0) is 14.5. The normalized spacial score (nSPS) is 11.2. The van der Waals surface area contributed by atoms with Gasteiger partial charge in [-0.25, -0.2) is 13.8 Å². The van der Waals surface area contributed by atoms with Crippen molar-refractivity contribution in [1.82, 2.24) is 14.5 Å². The van der Waals surface area contributed by atoms with E-state index in [1.807, 2.05) is 12.1 Å². The Morgan fingerprint density at radius 1 is 1.40 bits per heavy atom. The van der Waals surface area contributed by atoms with Gasteiger partial charge in [0.15, 0.2) is 0 Å². The van der Waals surface area contributed by atoms with Gasteiger partial charge >= 0.3 is 0 Å². The summed E-state index contributed by atoms with van der Waals surface area (Å²) in [5.74, 6) is -0.470. The summed E-state index contributed by atoms with van der Waals surface area (Å²) in [7, 11) is 0. The molecule has 0 aliphatic carbocycles. The smallest absolute Gasteiger partial charge is 0.255 e. The summed E-state index contributed by atoms with van der Waals surface area (Å²) in [6.45, 7) is -1.20. The standard InChI is InChI=1S/C13H15F2N3O2/c14-12(15)7-17(5-6-19)13(20)8-18-9-16-10-3-1-2-4-11(10)18/h1-4,9,12,19H,5-8H2. The molecule has 0 spiro atoms. The number of benzene rings is 1. The molecule has 1 N–H and O–H groups in total.